The van der Waals surface area contributed by atoms with Crippen LogP contribution >= 0.6 is 0 Å². The Bertz CT molecular complexity index is 1210. The SMILES string of the molecule is CS(=O)(=O)c1[nH]nc2nc(Nc3ccc(N4CCCC(O)C4)cc3)nc(NC3CC3)c12. The van der Waals surface area contributed by atoms with Gasteiger partial charge in [-0.15, -0.1) is 0 Å². The molecule has 3 heterocycles. The van der Waals surface area contributed by atoms with Crippen LogP contribution in [0.1, 0.15) is 25.7 Å². The number of nitrogens with one attached hydrogen (secondary N) is 3. The minimum Gasteiger partial charge on any atom is -0.391 e. The van der Waals surface area contributed by atoms with Crippen LogP contribution in [0.3, 0.4) is 0 Å². The van der Waals surface area contributed by atoms with Gasteiger partial charge in [0.1, 0.15) is 11.2 Å². The second-order valence-electron chi connectivity index (χ2n) is 8.25. The maximum atomic E-state index is 12.1. The van der Waals surface area contributed by atoms with E-state index in [1.54, 1.807) is 0 Å². The van der Waals surface area contributed by atoms with Crippen molar-refractivity contribution in [2.45, 2.75) is 42.9 Å². The Labute approximate surface area is 180 Å². The normalized spacial score (nSPS) is 19.5. The van der Waals surface area contributed by atoms with E-state index in [4.69, 9.17) is 0 Å². The molecule has 1 atom stereocenters. The first-order valence-corrected chi connectivity index (χ1v) is 12.3. The van der Waals surface area contributed by atoms with E-state index < -0.39 is 9.84 Å². The van der Waals surface area contributed by atoms with Crippen LogP contribution in [0.15, 0.2) is 29.3 Å². The minimum atomic E-state index is -3.50. The second kappa shape index (κ2) is 7.65. The summed E-state index contributed by atoms with van der Waals surface area (Å²) >= 11 is 0. The Morgan fingerprint density at radius 1 is 1.16 bits per heavy atom. The van der Waals surface area contributed by atoms with Crippen molar-refractivity contribution in [1.29, 1.82) is 0 Å². The summed E-state index contributed by atoms with van der Waals surface area (Å²) < 4.78 is 24.3. The number of nitrogens with zero attached hydrogens (tertiary/aromatic N) is 4. The van der Waals surface area contributed by atoms with Crippen molar-refractivity contribution in [3.63, 3.8) is 0 Å². The summed E-state index contributed by atoms with van der Waals surface area (Å²) in [6, 6.07) is 8.15. The molecule has 1 aliphatic heterocycles. The molecule has 1 unspecified atom stereocenters. The summed E-state index contributed by atoms with van der Waals surface area (Å²) in [5.74, 6) is 0.798. The molecule has 10 nitrogen and oxygen atoms in total. The van der Waals surface area contributed by atoms with Crippen molar-refractivity contribution in [2.24, 2.45) is 0 Å². The minimum absolute atomic E-state index is 0.0188. The van der Waals surface area contributed by atoms with Gasteiger partial charge in [-0.25, -0.2) is 8.42 Å². The van der Waals surface area contributed by atoms with Crippen LogP contribution in [0.5, 0.6) is 0 Å². The maximum absolute atomic E-state index is 12.1. The molecule has 1 saturated carbocycles. The van der Waals surface area contributed by atoms with Gasteiger partial charge in [-0.1, -0.05) is 0 Å². The molecule has 0 radical (unpaired) electrons. The molecule has 2 aliphatic rings. The van der Waals surface area contributed by atoms with Crippen LogP contribution < -0.4 is 15.5 Å². The number of hydrogen-bond donors (Lipinski definition) is 4. The lowest BCUT2D eigenvalue weighted by Crippen LogP contribution is -2.38. The number of piperidine rings is 1. The van der Waals surface area contributed by atoms with Crippen LogP contribution in [-0.4, -0.2) is 65.2 Å². The molecular weight excluding hydrogens is 418 g/mol. The van der Waals surface area contributed by atoms with Crippen LogP contribution in [-0.2, 0) is 9.84 Å². The van der Waals surface area contributed by atoms with E-state index in [1.807, 2.05) is 24.3 Å². The van der Waals surface area contributed by atoms with E-state index in [-0.39, 0.29) is 17.2 Å². The molecular formula is C20H25N7O3S. The number of β-amino-alcohol motifs (C(OH)–C–C–N with tert-alkyl or cyclic N) is 1. The van der Waals surface area contributed by atoms with Crippen molar-refractivity contribution >= 4 is 44.0 Å². The number of sulfone groups is 1. The van der Waals surface area contributed by atoms with Gasteiger partial charge < -0.3 is 20.6 Å². The van der Waals surface area contributed by atoms with Gasteiger partial charge in [0.25, 0.3) is 0 Å². The molecule has 2 aromatic heterocycles. The van der Waals surface area contributed by atoms with Gasteiger partial charge in [-0.05, 0) is 49.9 Å². The molecule has 1 saturated heterocycles. The van der Waals surface area contributed by atoms with Gasteiger partial charge in [0.2, 0.25) is 5.95 Å². The van der Waals surface area contributed by atoms with Crippen molar-refractivity contribution in [3.8, 4) is 0 Å². The average molecular weight is 444 g/mol. The third-order valence-corrected chi connectivity index (χ3v) is 6.59. The summed E-state index contributed by atoms with van der Waals surface area (Å²) in [5.41, 5.74) is 2.15. The average Bonchev–Trinajstić information content (AvgIpc) is 3.42. The highest BCUT2D eigenvalue weighted by atomic mass is 32.2. The van der Waals surface area contributed by atoms with E-state index in [0.717, 1.165) is 49.9 Å². The molecule has 1 aliphatic carbocycles. The number of rotatable bonds is 6. The molecule has 164 valence electrons. The van der Waals surface area contributed by atoms with Crippen LogP contribution in [0.25, 0.3) is 11.0 Å². The highest BCUT2D eigenvalue weighted by Crippen LogP contribution is 2.32. The number of H-pyrrole nitrogens is 1. The number of aliphatic hydroxyl groups excluding tert-OH is 1. The highest BCUT2D eigenvalue weighted by Gasteiger charge is 2.27. The van der Waals surface area contributed by atoms with E-state index in [9.17, 15) is 13.5 Å². The molecule has 11 heteroatoms. The number of aromatic amines is 1. The lowest BCUT2D eigenvalue weighted by molar-refractivity contribution is 0.154. The van der Waals surface area contributed by atoms with Gasteiger partial charge in [0.05, 0.1) is 6.10 Å². The van der Waals surface area contributed by atoms with E-state index in [2.05, 4.69) is 35.7 Å². The van der Waals surface area contributed by atoms with Gasteiger partial charge in [-0.3, -0.25) is 5.10 Å². The van der Waals surface area contributed by atoms with Crippen LogP contribution in [0.2, 0.25) is 0 Å². The Morgan fingerprint density at radius 2 is 1.94 bits per heavy atom. The number of benzene rings is 1. The predicted octanol–water partition coefficient (Wildman–Crippen LogP) is 2.04. The van der Waals surface area contributed by atoms with Crippen molar-refractivity contribution < 1.29 is 13.5 Å². The first-order chi connectivity index (χ1) is 14.9. The van der Waals surface area contributed by atoms with Gasteiger partial charge in [0, 0.05) is 36.8 Å². The molecule has 31 heavy (non-hydrogen) atoms. The fourth-order valence-electron chi connectivity index (χ4n) is 3.82. The van der Waals surface area contributed by atoms with Gasteiger partial charge >= 0.3 is 0 Å². The first-order valence-electron chi connectivity index (χ1n) is 10.4. The third kappa shape index (κ3) is 4.28. The molecule has 2 fully saturated rings. The molecule has 1 aromatic carbocycles. The zero-order chi connectivity index (χ0) is 21.6. The predicted molar refractivity (Wildman–Crippen MR) is 119 cm³/mol. The van der Waals surface area contributed by atoms with Crippen molar-refractivity contribution in [3.05, 3.63) is 24.3 Å². The molecule has 4 N–H and O–H groups in total. The number of aliphatic hydroxyl groups is 1. The van der Waals surface area contributed by atoms with Crippen molar-refractivity contribution in [1.82, 2.24) is 20.2 Å². The lowest BCUT2D eigenvalue weighted by atomic mass is 10.1. The van der Waals surface area contributed by atoms with E-state index in [0.29, 0.717) is 29.3 Å². The third-order valence-electron chi connectivity index (χ3n) is 5.55. The zero-order valence-electron chi connectivity index (χ0n) is 17.2. The summed E-state index contributed by atoms with van der Waals surface area (Å²) in [5, 5.41) is 23.5. The number of fused-ring (bicyclic) bond motifs is 1. The van der Waals surface area contributed by atoms with Gasteiger partial charge in [-0.2, -0.15) is 15.1 Å². The quantitative estimate of drug-likeness (QED) is 0.451. The monoisotopic (exact) mass is 443 g/mol. The van der Waals surface area contributed by atoms with Gasteiger partial charge in [0.15, 0.2) is 20.5 Å². The highest BCUT2D eigenvalue weighted by molar-refractivity contribution is 7.90. The number of aromatic nitrogens is 4. The maximum Gasteiger partial charge on any atom is 0.231 e. The van der Waals surface area contributed by atoms with Crippen molar-refractivity contribution in [2.75, 3.05) is 34.9 Å². The fraction of sp³-hybridized carbons (Fsp3) is 0.450. The lowest BCUT2D eigenvalue weighted by Gasteiger charge is -2.32. The molecule has 3 aromatic rings. The summed E-state index contributed by atoms with van der Waals surface area (Å²) in [6.45, 7) is 1.58. The molecule has 5 rings (SSSR count). The molecule has 0 bridgehead atoms. The summed E-state index contributed by atoms with van der Waals surface area (Å²) in [6.07, 6.45) is 4.72. The first kappa shape index (κ1) is 20.0. The zero-order valence-corrected chi connectivity index (χ0v) is 18.0. The summed E-state index contributed by atoms with van der Waals surface area (Å²) in [4.78, 5) is 11.1. The molecule has 0 spiro atoms. The van der Waals surface area contributed by atoms with Crippen LogP contribution in [0, 0.1) is 0 Å². The Hall–Kier alpha value is -2.92. The number of hydrogen-bond acceptors (Lipinski definition) is 9. The fourth-order valence-corrected chi connectivity index (χ4v) is 4.59. The Morgan fingerprint density at radius 3 is 2.61 bits per heavy atom. The standard InChI is InChI=1S/C20H25N7O3S/c1-31(29,30)19-16-17(21-12-4-5-12)23-20(24-18(16)25-26-19)22-13-6-8-14(9-7-13)27-10-2-3-15(28)11-27/h6-9,12,15,28H,2-5,10-11H2,1H3,(H3,21,22,23,24,25,26). The second-order valence-corrected chi connectivity index (χ2v) is 10.2. The van der Waals surface area contributed by atoms with E-state index >= 15 is 0 Å². The largest absolute Gasteiger partial charge is 0.391 e. The number of anilines is 4. The molecule has 0 amide bonds. The van der Waals surface area contributed by atoms with E-state index in [1.165, 1.54) is 0 Å². The Balaban J connectivity index is 1.42. The smallest absolute Gasteiger partial charge is 0.231 e. The topological polar surface area (TPSA) is 136 Å². The summed E-state index contributed by atoms with van der Waals surface area (Å²) in [7, 11) is -3.50. The Kier molecular flexibility index (Phi) is 4.94. The van der Waals surface area contributed by atoms with Crippen LogP contribution in [0.4, 0.5) is 23.1 Å².